The lowest BCUT2D eigenvalue weighted by atomic mass is 9.87. The smallest absolute Gasteiger partial charge is 0.222 e. The minimum absolute atomic E-state index is 0.0451. The zero-order chi connectivity index (χ0) is 16.4. The lowest BCUT2D eigenvalue weighted by Crippen LogP contribution is -2.47. The largest absolute Gasteiger partial charge is 0.373 e. The van der Waals surface area contributed by atoms with Gasteiger partial charge in [-0.3, -0.25) is 9.69 Å². The van der Waals surface area contributed by atoms with Crippen LogP contribution in [0.4, 0.5) is 0 Å². The molecule has 0 aromatic carbocycles. The van der Waals surface area contributed by atoms with Crippen LogP contribution < -0.4 is 0 Å². The summed E-state index contributed by atoms with van der Waals surface area (Å²) in [6, 6.07) is 4.64. The molecule has 4 heterocycles. The number of carbonyl (C=O) groups is 1. The third-order valence-corrected chi connectivity index (χ3v) is 6.14. The maximum atomic E-state index is 12.4. The van der Waals surface area contributed by atoms with Gasteiger partial charge in [0.15, 0.2) is 0 Å². The summed E-state index contributed by atoms with van der Waals surface area (Å²) in [5.74, 6) is 0.286. The fourth-order valence-electron chi connectivity index (χ4n) is 4.60. The Morgan fingerprint density at radius 2 is 2.04 bits per heavy atom. The standard InChI is InChI=1S/C19H29N3O2/c23-18(6-5-16-4-3-9-20-16)22-12-7-19(8-13-22)14-17(15-24-19)21-10-1-2-11-21/h3-4,9,17,20H,1-2,5-8,10-15H2. The number of carbonyl (C=O) groups excluding carboxylic acids is 1. The van der Waals surface area contributed by atoms with Crippen LogP contribution in [0.15, 0.2) is 18.3 Å². The summed E-state index contributed by atoms with van der Waals surface area (Å²) >= 11 is 0. The third kappa shape index (κ3) is 3.38. The minimum atomic E-state index is 0.0451. The van der Waals surface area contributed by atoms with E-state index in [-0.39, 0.29) is 11.5 Å². The Morgan fingerprint density at radius 3 is 2.75 bits per heavy atom. The molecule has 3 fully saturated rings. The summed E-state index contributed by atoms with van der Waals surface area (Å²) in [7, 11) is 0. The molecular weight excluding hydrogens is 302 g/mol. The lowest BCUT2D eigenvalue weighted by Gasteiger charge is -2.39. The molecule has 0 saturated carbocycles. The van der Waals surface area contributed by atoms with Gasteiger partial charge in [0.25, 0.3) is 0 Å². The van der Waals surface area contributed by atoms with E-state index in [4.69, 9.17) is 4.74 Å². The monoisotopic (exact) mass is 331 g/mol. The molecule has 5 nitrogen and oxygen atoms in total. The molecule has 3 aliphatic heterocycles. The average molecular weight is 331 g/mol. The molecule has 1 aromatic heterocycles. The molecule has 1 aromatic rings. The lowest BCUT2D eigenvalue weighted by molar-refractivity contribution is -0.136. The van der Waals surface area contributed by atoms with Crippen molar-refractivity contribution in [1.29, 1.82) is 0 Å². The van der Waals surface area contributed by atoms with Gasteiger partial charge in [-0.2, -0.15) is 0 Å². The number of aromatic nitrogens is 1. The van der Waals surface area contributed by atoms with Crippen molar-refractivity contribution >= 4 is 5.91 Å². The van der Waals surface area contributed by atoms with E-state index >= 15 is 0 Å². The summed E-state index contributed by atoms with van der Waals surface area (Å²) in [6.45, 7) is 5.09. The summed E-state index contributed by atoms with van der Waals surface area (Å²) < 4.78 is 6.27. The molecule has 1 unspecified atom stereocenters. The van der Waals surface area contributed by atoms with Gasteiger partial charge in [-0.1, -0.05) is 0 Å². The van der Waals surface area contributed by atoms with E-state index < -0.39 is 0 Å². The molecule has 132 valence electrons. The topological polar surface area (TPSA) is 48.6 Å². The van der Waals surface area contributed by atoms with Gasteiger partial charge in [0.2, 0.25) is 5.91 Å². The highest BCUT2D eigenvalue weighted by atomic mass is 16.5. The molecule has 0 aliphatic carbocycles. The van der Waals surface area contributed by atoms with Crippen molar-refractivity contribution in [3.8, 4) is 0 Å². The molecule has 3 saturated heterocycles. The maximum Gasteiger partial charge on any atom is 0.222 e. The summed E-state index contributed by atoms with van der Waals surface area (Å²) in [4.78, 5) is 20.3. The molecule has 0 bridgehead atoms. The predicted octanol–water partition coefficient (Wildman–Crippen LogP) is 2.19. The van der Waals surface area contributed by atoms with E-state index in [1.807, 2.05) is 23.2 Å². The van der Waals surface area contributed by atoms with Crippen molar-refractivity contribution in [1.82, 2.24) is 14.8 Å². The second kappa shape index (κ2) is 6.89. The van der Waals surface area contributed by atoms with Gasteiger partial charge in [-0.25, -0.2) is 0 Å². The van der Waals surface area contributed by atoms with Gasteiger partial charge < -0.3 is 14.6 Å². The number of rotatable bonds is 4. The summed E-state index contributed by atoms with van der Waals surface area (Å²) in [6.07, 6.45) is 9.18. The van der Waals surface area contributed by atoms with Crippen molar-refractivity contribution in [3.05, 3.63) is 24.0 Å². The number of amides is 1. The van der Waals surface area contributed by atoms with E-state index in [9.17, 15) is 4.79 Å². The molecular formula is C19H29N3O2. The highest BCUT2D eigenvalue weighted by molar-refractivity contribution is 5.76. The van der Waals surface area contributed by atoms with E-state index in [0.29, 0.717) is 12.5 Å². The van der Waals surface area contributed by atoms with Crippen LogP contribution in [-0.4, -0.2) is 65.1 Å². The first-order chi connectivity index (χ1) is 11.7. The van der Waals surface area contributed by atoms with Crippen LogP contribution in [0.1, 0.15) is 44.2 Å². The first-order valence-electron chi connectivity index (χ1n) is 9.52. The fraction of sp³-hybridized carbons (Fsp3) is 0.737. The van der Waals surface area contributed by atoms with Gasteiger partial charge in [0.05, 0.1) is 12.2 Å². The normalized spacial score (nSPS) is 27.2. The molecule has 3 aliphatic rings. The van der Waals surface area contributed by atoms with Crippen LogP contribution in [0.2, 0.25) is 0 Å². The Bertz CT molecular complexity index is 543. The van der Waals surface area contributed by atoms with Crippen LogP contribution in [0.25, 0.3) is 0 Å². The second-order valence-corrected chi connectivity index (χ2v) is 7.67. The number of piperidine rings is 1. The molecule has 5 heteroatoms. The number of likely N-dealkylation sites (tertiary alicyclic amines) is 2. The van der Waals surface area contributed by atoms with Crippen LogP contribution in [-0.2, 0) is 16.0 Å². The van der Waals surface area contributed by atoms with Crippen LogP contribution in [0, 0.1) is 0 Å². The zero-order valence-electron chi connectivity index (χ0n) is 14.5. The molecule has 0 radical (unpaired) electrons. The van der Waals surface area contributed by atoms with Crippen molar-refractivity contribution < 1.29 is 9.53 Å². The van der Waals surface area contributed by atoms with E-state index in [1.165, 1.54) is 25.9 Å². The Labute approximate surface area is 144 Å². The molecule has 1 amide bonds. The molecule has 1 atom stereocenters. The van der Waals surface area contributed by atoms with E-state index in [2.05, 4.69) is 9.88 Å². The Kier molecular flexibility index (Phi) is 4.63. The molecule has 4 rings (SSSR count). The third-order valence-electron chi connectivity index (χ3n) is 6.14. The highest BCUT2D eigenvalue weighted by Gasteiger charge is 2.45. The van der Waals surface area contributed by atoms with Crippen LogP contribution in [0.3, 0.4) is 0 Å². The van der Waals surface area contributed by atoms with Gasteiger partial charge in [0, 0.05) is 37.4 Å². The van der Waals surface area contributed by atoms with Crippen molar-refractivity contribution in [2.75, 3.05) is 32.8 Å². The number of hydrogen-bond acceptors (Lipinski definition) is 3. The number of aryl methyl sites for hydroxylation is 1. The van der Waals surface area contributed by atoms with Gasteiger partial charge in [-0.05, 0) is 63.7 Å². The van der Waals surface area contributed by atoms with E-state index in [1.54, 1.807) is 0 Å². The van der Waals surface area contributed by atoms with Gasteiger partial charge in [0.1, 0.15) is 0 Å². The van der Waals surface area contributed by atoms with Crippen molar-refractivity contribution in [2.24, 2.45) is 0 Å². The van der Waals surface area contributed by atoms with Gasteiger partial charge >= 0.3 is 0 Å². The zero-order valence-corrected chi connectivity index (χ0v) is 14.5. The van der Waals surface area contributed by atoms with Crippen LogP contribution >= 0.6 is 0 Å². The minimum Gasteiger partial charge on any atom is -0.373 e. The number of nitrogens with one attached hydrogen (secondary N) is 1. The first kappa shape index (κ1) is 16.2. The predicted molar refractivity (Wildman–Crippen MR) is 92.8 cm³/mol. The SMILES string of the molecule is O=C(CCc1ccc[nH]1)N1CCC2(CC1)CC(N1CCCC1)CO2. The number of H-pyrrole nitrogens is 1. The molecule has 24 heavy (non-hydrogen) atoms. The number of ether oxygens (including phenoxy) is 1. The quantitative estimate of drug-likeness (QED) is 0.920. The second-order valence-electron chi connectivity index (χ2n) is 7.67. The van der Waals surface area contributed by atoms with E-state index in [0.717, 1.165) is 51.1 Å². The van der Waals surface area contributed by atoms with Crippen LogP contribution in [0.5, 0.6) is 0 Å². The Morgan fingerprint density at radius 1 is 1.25 bits per heavy atom. The molecule has 1 N–H and O–H groups in total. The first-order valence-corrected chi connectivity index (χ1v) is 9.52. The highest BCUT2D eigenvalue weighted by Crippen LogP contribution is 2.38. The maximum absolute atomic E-state index is 12.4. The number of nitrogens with zero attached hydrogens (tertiary/aromatic N) is 2. The Hall–Kier alpha value is -1.33. The van der Waals surface area contributed by atoms with Crippen molar-refractivity contribution in [2.45, 2.75) is 56.6 Å². The number of aromatic amines is 1. The average Bonchev–Trinajstić information content (AvgIpc) is 3.35. The fourth-order valence-corrected chi connectivity index (χ4v) is 4.60. The summed E-state index contributed by atoms with van der Waals surface area (Å²) in [5.41, 5.74) is 1.19. The van der Waals surface area contributed by atoms with Gasteiger partial charge in [-0.15, -0.1) is 0 Å². The molecule has 1 spiro atoms. The Balaban J connectivity index is 1.25. The van der Waals surface area contributed by atoms with Crippen molar-refractivity contribution in [3.63, 3.8) is 0 Å². The summed E-state index contributed by atoms with van der Waals surface area (Å²) in [5, 5.41) is 0. The number of hydrogen-bond donors (Lipinski definition) is 1.